The molecular weight excluding hydrogens is 266 g/mol. The quantitative estimate of drug-likeness (QED) is 0.714. The number of hydrogen-bond acceptors (Lipinski definition) is 1. The molecule has 0 saturated carbocycles. The number of alkyl halides is 2. The van der Waals surface area contributed by atoms with Gasteiger partial charge in [-0.25, -0.2) is 0 Å². The van der Waals surface area contributed by atoms with Crippen LogP contribution in [-0.2, 0) is 10.2 Å². The second-order valence-corrected chi connectivity index (χ2v) is 4.77. The molecule has 1 aromatic rings. The van der Waals surface area contributed by atoms with E-state index in [0.717, 1.165) is 12.0 Å². The Bertz CT molecular complexity index is 324. The van der Waals surface area contributed by atoms with Crippen LogP contribution in [0.4, 0.5) is 0 Å². The number of ether oxygens (including phenoxy) is 1. The van der Waals surface area contributed by atoms with Crippen LogP contribution in [0.3, 0.4) is 0 Å². The van der Waals surface area contributed by atoms with E-state index < -0.39 is 0 Å². The van der Waals surface area contributed by atoms with Gasteiger partial charge in [-0.3, -0.25) is 0 Å². The van der Waals surface area contributed by atoms with E-state index in [1.807, 2.05) is 24.3 Å². The summed E-state index contributed by atoms with van der Waals surface area (Å²) < 4.78 is 5.10. The first kappa shape index (κ1) is 14.1. The maximum atomic E-state index is 6.06. The Kier molecular flexibility index (Phi) is 5.91. The van der Waals surface area contributed by atoms with E-state index in [9.17, 15) is 0 Å². The third-order valence-electron chi connectivity index (χ3n) is 2.73. The third kappa shape index (κ3) is 3.27. The van der Waals surface area contributed by atoms with Crippen LogP contribution in [0.1, 0.15) is 12.0 Å². The smallest absolute Gasteiger partial charge is 0.0471 e. The van der Waals surface area contributed by atoms with E-state index in [1.54, 1.807) is 7.11 Å². The zero-order chi connectivity index (χ0) is 12.0. The molecule has 0 saturated heterocycles. The predicted molar refractivity (Wildman–Crippen MR) is 71.1 cm³/mol. The van der Waals surface area contributed by atoms with Gasteiger partial charge in [-0.1, -0.05) is 23.7 Å². The van der Waals surface area contributed by atoms with Gasteiger partial charge in [-0.15, -0.1) is 23.2 Å². The second-order valence-electron chi connectivity index (χ2n) is 3.80. The van der Waals surface area contributed by atoms with Gasteiger partial charge in [0.05, 0.1) is 0 Å². The van der Waals surface area contributed by atoms with Crippen LogP contribution in [0.5, 0.6) is 0 Å². The summed E-state index contributed by atoms with van der Waals surface area (Å²) in [6.07, 6.45) is 0.789. The Morgan fingerprint density at radius 3 is 2.44 bits per heavy atom. The van der Waals surface area contributed by atoms with Crippen LogP contribution < -0.4 is 0 Å². The standard InChI is InChI=1S/C12H15Cl3O/c1-16-6-5-12(8-13,9-14)10-3-2-4-11(15)7-10/h2-4,7H,5-6,8-9H2,1H3. The monoisotopic (exact) mass is 280 g/mol. The minimum atomic E-state index is -0.260. The minimum absolute atomic E-state index is 0.260. The van der Waals surface area contributed by atoms with Gasteiger partial charge in [0.2, 0.25) is 0 Å². The lowest BCUT2D eigenvalue weighted by atomic mass is 9.81. The molecule has 0 radical (unpaired) electrons. The van der Waals surface area contributed by atoms with Gasteiger partial charge in [0, 0.05) is 35.9 Å². The fraction of sp³-hybridized carbons (Fsp3) is 0.500. The number of benzene rings is 1. The molecule has 0 aliphatic carbocycles. The third-order valence-corrected chi connectivity index (χ3v) is 3.99. The molecule has 1 aromatic carbocycles. The van der Waals surface area contributed by atoms with Gasteiger partial charge < -0.3 is 4.74 Å². The van der Waals surface area contributed by atoms with Crippen LogP contribution >= 0.6 is 34.8 Å². The maximum absolute atomic E-state index is 6.06. The fourth-order valence-corrected chi connectivity index (χ4v) is 2.64. The summed E-state index contributed by atoms with van der Waals surface area (Å²) >= 11 is 18.1. The van der Waals surface area contributed by atoms with E-state index >= 15 is 0 Å². The van der Waals surface area contributed by atoms with E-state index in [2.05, 4.69) is 0 Å². The zero-order valence-corrected chi connectivity index (χ0v) is 11.4. The molecule has 90 valence electrons. The summed E-state index contributed by atoms with van der Waals surface area (Å²) in [4.78, 5) is 0. The summed E-state index contributed by atoms with van der Waals surface area (Å²) in [6, 6.07) is 7.68. The highest BCUT2D eigenvalue weighted by molar-refractivity contribution is 6.30. The van der Waals surface area contributed by atoms with Crippen molar-refractivity contribution in [3.8, 4) is 0 Å². The average molecular weight is 282 g/mol. The molecule has 0 atom stereocenters. The summed E-state index contributed by atoms with van der Waals surface area (Å²) in [5.41, 5.74) is 0.811. The fourth-order valence-electron chi connectivity index (χ4n) is 1.58. The first-order valence-electron chi connectivity index (χ1n) is 5.05. The van der Waals surface area contributed by atoms with Gasteiger partial charge in [0.25, 0.3) is 0 Å². The Balaban J connectivity index is 2.99. The van der Waals surface area contributed by atoms with E-state index in [-0.39, 0.29) is 5.41 Å². The van der Waals surface area contributed by atoms with Gasteiger partial charge in [0.15, 0.2) is 0 Å². The van der Waals surface area contributed by atoms with Gasteiger partial charge >= 0.3 is 0 Å². The number of rotatable bonds is 6. The number of halogens is 3. The number of methoxy groups -OCH3 is 1. The van der Waals surface area contributed by atoms with E-state index in [4.69, 9.17) is 39.5 Å². The first-order valence-corrected chi connectivity index (χ1v) is 6.50. The summed E-state index contributed by atoms with van der Waals surface area (Å²) in [5.74, 6) is 0.917. The highest BCUT2D eigenvalue weighted by Crippen LogP contribution is 2.32. The highest BCUT2D eigenvalue weighted by Gasteiger charge is 2.30. The SMILES string of the molecule is COCCC(CCl)(CCl)c1cccc(Cl)c1. The van der Waals surface area contributed by atoms with Crippen molar-refractivity contribution >= 4 is 34.8 Å². The summed E-state index contributed by atoms with van der Waals surface area (Å²) in [7, 11) is 1.67. The van der Waals surface area contributed by atoms with Crippen LogP contribution in [-0.4, -0.2) is 25.5 Å². The molecule has 0 heterocycles. The molecular formula is C12H15Cl3O. The average Bonchev–Trinajstić information content (AvgIpc) is 2.31. The molecule has 0 aliphatic heterocycles. The Labute approximate surface area is 112 Å². The highest BCUT2D eigenvalue weighted by atomic mass is 35.5. The molecule has 0 fully saturated rings. The summed E-state index contributed by atoms with van der Waals surface area (Å²) in [5, 5.41) is 0.703. The number of hydrogen-bond donors (Lipinski definition) is 0. The van der Waals surface area contributed by atoms with Crippen molar-refractivity contribution in [2.24, 2.45) is 0 Å². The largest absolute Gasteiger partial charge is 0.385 e. The van der Waals surface area contributed by atoms with Gasteiger partial charge in [-0.2, -0.15) is 0 Å². The Morgan fingerprint density at radius 1 is 1.25 bits per heavy atom. The minimum Gasteiger partial charge on any atom is -0.385 e. The lowest BCUT2D eigenvalue weighted by Gasteiger charge is -2.30. The molecule has 4 heteroatoms. The van der Waals surface area contributed by atoms with Crippen molar-refractivity contribution in [1.29, 1.82) is 0 Å². The van der Waals surface area contributed by atoms with Crippen molar-refractivity contribution in [3.05, 3.63) is 34.9 Å². The van der Waals surface area contributed by atoms with Crippen LogP contribution in [0.2, 0.25) is 5.02 Å². The molecule has 1 nitrogen and oxygen atoms in total. The molecule has 0 bridgehead atoms. The second kappa shape index (κ2) is 6.70. The molecule has 0 N–H and O–H groups in total. The van der Waals surface area contributed by atoms with Crippen LogP contribution in [0.15, 0.2) is 24.3 Å². The molecule has 0 amide bonds. The molecule has 0 aromatic heterocycles. The van der Waals surface area contributed by atoms with E-state index in [1.165, 1.54) is 0 Å². The Morgan fingerprint density at radius 2 is 1.94 bits per heavy atom. The van der Waals surface area contributed by atoms with Crippen molar-refractivity contribution in [3.63, 3.8) is 0 Å². The van der Waals surface area contributed by atoms with E-state index in [0.29, 0.717) is 23.4 Å². The molecule has 1 rings (SSSR count). The Hall–Kier alpha value is 0.0500. The normalized spacial score (nSPS) is 11.8. The van der Waals surface area contributed by atoms with Crippen molar-refractivity contribution in [1.82, 2.24) is 0 Å². The maximum Gasteiger partial charge on any atom is 0.0471 e. The van der Waals surface area contributed by atoms with Crippen molar-refractivity contribution < 1.29 is 4.74 Å². The lowest BCUT2D eigenvalue weighted by molar-refractivity contribution is 0.176. The first-order chi connectivity index (χ1) is 7.68. The van der Waals surface area contributed by atoms with Gasteiger partial charge in [-0.05, 0) is 24.1 Å². The van der Waals surface area contributed by atoms with Gasteiger partial charge in [0.1, 0.15) is 0 Å². The molecule has 0 spiro atoms. The van der Waals surface area contributed by atoms with Crippen LogP contribution in [0.25, 0.3) is 0 Å². The van der Waals surface area contributed by atoms with Crippen molar-refractivity contribution in [2.45, 2.75) is 11.8 Å². The molecule has 16 heavy (non-hydrogen) atoms. The predicted octanol–water partition coefficient (Wildman–Crippen LogP) is 4.09. The van der Waals surface area contributed by atoms with Crippen molar-refractivity contribution in [2.75, 3.05) is 25.5 Å². The lowest BCUT2D eigenvalue weighted by Crippen LogP contribution is -2.32. The van der Waals surface area contributed by atoms with Crippen LogP contribution in [0, 0.1) is 0 Å². The molecule has 0 aliphatic rings. The molecule has 0 unspecified atom stereocenters. The zero-order valence-electron chi connectivity index (χ0n) is 9.18. The topological polar surface area (TPSA) is 9.23 Å². The summed E-state index contributed by atoms with van der Waals surface area (Å²) in [6.45, 7) is 0.631.